The zero-order valence-corrected chi connectivity index (χ0v) is 18.8. The SMILES string of the molecule is CCCCCCCCCCCCCCCCCCCC(C(C)O)S(=O)(=O)O. The lowest BCUT2D eigenvalue weighted by Gasteiger charge is -2.16. The molecule has 0 saturated carbocycles. The minimum absolute atomic E-state index is 0.342. The highest BCUT2D eigenvalue weighted by molar-refractivity contribution is 7.86. The lowest BCUT2D eigenvalue weighted by Crippen LogP contribution is -2.31. The van der Waals surface area contributed by atoms with Gasteiger partial charge in [-0.2, -0.15) is 8.42 Å². The summed E-state index contributed by atoms with van der Waals surface area (Å²) in [6, 6.07) is 0. The average Bonchev–Trinajstić information content (AvgIpc) is 2.59. The molecule has 0 amide bonds. The summed E-state index contributed by atoms with van der Waals surface area (Å²) in [6.07, 6.45) is 21.2. The van der Waals surface area contributed by atoms with E-state index in [-0.39, 0.29) is 0 Å². The molecule has 164 valence electrons. The fourth-order valence-corrected chi connectivity index (χ4v) is 4.67. The molecule has 0 bridgehead atoms. The van der Waals surface area contributed by atoms with Crippen molar-refractivity contribution in [3.63, 3.8) is 0 Å². The van der Waals surface area contributed by atoms with Crippen LogP contribution in [0.2, 0.25) is 0 Å². The van der Waals surface area contributed by atoms with Crippen LogP contribution in [-0.2, 0) is 10.1 Å². The zero-order valence-electron chi connectivity index (χ0n) is 18.0. The zero-order chi connectivity index (χ0) is 20.4. The number of hydrogen-bond donors (Lipinski definition) is 2. The van der Waals surface area contributed by atoms with Crippen LogP contribution in [0.4, 0.5) is 0 Å². The third-order valence-electron chi connectivity index (χ3n) is 5.51. The van der Waals surface area contributed by atoms with Gasteiger partial charge < -0.3 is 5.11 Å². The van der Waals surface area contributed by atoms with Gasteiger partial charge in [0.25, 0.3) is 10.1 Å². The number of aliphatic hydroxyl groups is 1. The summed E-state index contributed by atoms with van der Waals surface area (Å²) < 4.78 is 31.4. The van der Waals surface area contributed by atoms with Gasteiger partial charge in [-0.15, -0.1) is 0 Å². The highest BCUT2D eigenvalue weighted by atomic mass is 32.2. The van der Waals surface area contributed by atoms with Crippen LogP contribution in [0.15, 0.2) is 0 Å². The maximum atomic E-state index is 11.2. The molecule has 4 nitrogen and oxygen atoms in total. The van der Waals surface area contributed by atoms with Crippen molar-refractivity contribution < 1.29 is 18.1 Å². The Morgan fingerprint density at radius 1 is 0.630 bits per heavy atom. The Bertz CT molecular complexity index is 407. The fraction of sp³-hybridized carbons (Fsp3) is 1.00. The lowest BCUT2D eigenvalue weighted by atomic mass is 10.0. The first-order valence-corrected chi connectivity index (χ1v) is 13.0. The van der Waals surface area contributed by atoms with E-state index in [1.807, 2.05) is 0 Å². The number of unbranched alkanes of at least 4 members (excludes halogenated alkanes) is 16. The lowest BCUT2D eigenvalue weighted by molar-refractivity contribution is 0.178. The fourth-order valence-electron chi connectivity index (χ4n) is 3.71. The molecule has 0 spiro atoms. The van der Waals surface area contributed by atoms with E-state index in [0.717, 1.165) is 19.3 Å². The van der Waals surface area contributed by atoms with Gasteiger partial charge in [-0.05, 0) is 13.3 Å². The Labute approximate surface area is 169 Å². The van der Waals surface area contributed by atoms with Crippen molar-refractivity contribution >= 4 is 10.1 Å². The van der Waals surface area contributed by atoms with Gasteiger partial charge >= 0.3 is 0 Å². The van der Waals surface area contributed by atoms with E-state index in [1.54, 1.807) is 0 Å². The summed E-state index contributed by atoms with van der Waals surface area (Å²) >= 11 is 0. The van der Waals surface area contributed by atoms with Crippen molar-refractivity contribution in [1.29, 1.82) is 0 Å². The molecular formula is C22H46O4S. The average molecular weight is 407 g/mol. The molecule has 2 atom stereocenters. The van der Waals surface area contributed by atoms with E-state index >= 15 is 0 Å². The molecule has 0 fully saturated rings. The number of hydrogen-bond acceptors (Lipinski definition) is 3. The topological polar surface area (TPSA) is 74.6 Å². The molecule has 0 rings (SSSR count). The first-order valence-electron chi connectivity index (χ1n) is 11.5. The first kappa shape index (κ1) is 26.9. The van der Waals surface area contributed by atoms with Gasteiger partial charge in [-0.1, -0.05) is 116 Å². The van der Waals surface area contributed by atoms with Crippen LogP contribution in [0.3, 0.4) is 0 Å². The van der Waals surface area contributed by atoms with Gasteiger partial charge in [-0.25, -0.2) is 0 Å². The molecule has 0 aliphatic carbocycles. The summed E-state index contributed by atoms with van der Waals surface area (Å²) in [6.45, 7) is 3.69. The third-order valence-corrected chi connectivity index (χ3v) is 6.91. The molecule has 2 N–H and O–H groups in total. The maximum absolute atomic E-state index is 11.2. The van der Waals surface area contributed by atoms with Crippen molar-refractivity contribution in [3.05, 3.63) is 0 Å². The highest BCUT2D eigenvalue weighted by Gasteiger charge is 2.27. The molecule has 0 radical (unpaired) electrons. The van der Waals surface area contributed by atoms with E-state index in [1.165, 1.54) is 96.8 Å². The van der Waals surface area contributed by atoms with Crippen LogP contribution in [-0.4, -0.2) is 29.4 Å². The van der Waals surface area contributed by atoms with Crippen molar-refractivity contribution in [2.24, 2.45) is 0 Å². The van der Waals surface area contributed by atoms with Gasteiger partial charge in [0.2, 0.25) is 0 Å². The molecule has 0 aromatic carbocycles. The second-order valence-electron chi connectivity index (χ2n) is 8.24. The summed E-state index contributed by atoms with van der Waals surface area (Å²) in [5.41, 5.74) is 0. The van der Waals surface area contributed by atoms with E-state index in [4.69, 9.17) is 4.55 Å². The van der Waals surface area contributed by atoms with E-state index in [0.29, 0.717) is 6.42 Å². The van der Waals surface area contributed by atoms with E-state index in [9.17, 15) is 13.5 Å². The first-order chi connectivity index (χ1) is 12.9. The number of rotatable bonds is 20. The Morgan fingerprint density at radius 2 is 0.926 bits per heavy atom. The molecule has 0 aliphatic heterocycles. The Kier molecular flexibility index (Phi) is 17.8. The normalized spacial score (nSPS) is 14.4. The minimum Gasteiger partial charge on any atom is -0.392 e. The molecule has 5 heteroatoms. The largest absolute Gasteiger partial charge is 0.392 e. The van der Waals surface area contributed by atoms with Gasteiger partial charge in [0.1, 0.15) is 5.25 Å². The summed E-state index contributed by atoms with van der Waals surface area (Å²) in [4.78, 5) is 0. The molecule has 0 aromatic heterocycles. The summed E-state index contributed by atoms with van der Waals surface area (Å²) in [5.74, 6) is 0. The van der Waals surface area contributed by atoms with Crippen molar-refractivity contribution in [2.45, 2.75) is 141 Å². The van der Waals surface area contributed by atoms with Crippen LogP contribution in [0.25, 0.3) is 0 Å². The standard InChI is InChI=1S/C22H46O4S/c1-3-4-5-6-7-8-9-10-11-12-13-14-15-16-17-18-19-20-22(21(2)23)27(24,25)26/h21-23H,3-20H2,1-2H3,(H,24,25,26). The summed E-state index contributed by atoms with van der Waals surface area (Å²) in [7, 11) is -4.14. The van der Waals surface area contributed by atoms with Crippen LogP contribution in [0.5, 0.6) is 0 Å². The van der Waals surface area contributed by atoms with Crippen LogP contribution in [0, 0.1) is 0 Å². The predicted octanol–water partition coefficient (Wildman–Crippen LogP) is 6.67. The van der Waals surface area contributed by atoms with Crippen molar-refractivity contribution in [2.75, 3.05) is 0 Å². The third kappa shape index (κ3) is 17.7. The van der Waals surface area contributed by atoms with Crippen LogP contribution in [0.1, 0.15) is 129 Å². The van der Waals surface area contributed by atoms with Crippen LogP contribution >= 0.6 is 0 Å². The Hall–Kier alpha value is -0.130. The molecule has 0 aliphatic rings. The van der Waals surface area contributed by atoms with Gasteiger partial charge in [0, 0.05) is 0 Å². The molecule has 27 heavy (non-hydrogen) atoms. The molecule has 0 saturated heterocycles. The second kappa shape index (κ2) is 17.9. The Balaban J connectivity index is 3.30. The summed E-state index contributed by atoms with van der Waals surface area (Å²) in [5, 5.41) is 8.41. The second-order valence-corrected chi connectivity index (χ2v) is 9.87. The van der Waals surface area contributed by atoms with Gasteiger partial charge in [0.05, 0.1) is 6.10 Å². The molecular weight excluding hydrogens is 360 g/mol. The van der Waals surface area contributed by atoms with Gasteiger partial charge in [0.15, 0.2) is 0 Å². The minimum atomic E-state index is -4.14. The highest BCUT2D eigenvalue weighted by Crippen LogP contribution is 2.17. The molecule has 0 aromatic rings. The van der Waals surface area contributed by atoms with Crippen molar-refractivity contribution in [3.8, 4) is 0 Å². The maximum Gasteiger partial charge on any atom is 0.270 e. The van der Waals surface area contributed by atoms with Crippen molar-refractivity contribution in [1.82, 2.24) is 0 Å². The Morgan fingerprint density at radius 3 is 1.19 bits per heavy atom. The molecule has 2 unspecified atom stereocenters. The number of aliphatic hydroxyl groups excluding tert-OH is 1. The van der Waals surface area contributed by atoms with E-state index in [2.05, 4.69) is 6.92 Å². The van der Waals surface area contributed by atoms with Gasteiger partial charge in [-0.3, -0.25) is 4.55 Å². The van der Waals surface area contributed by atoms with Crippen LogP contribution < -0.4 is 0 Å². The monoisotopic (exact) mass is 406 g/mol. The van der Waals surface area contributed by atoms with E-state index < -0.39 is 21.5 Å². The quantitative estimate of drug-likeness (QED) is 0.175. The predicted molar refractivity (Wildman–Crippen MR) is 116 cm³/mol. The molecule has 0 heterocycles. The smallest absolute Gasteiger partial charge is 0.270 e.